The van der Waals surface area contributed by atoms with Gasteiger partial charge >= 0.3 is 0 Å². The van der Waals surface area contributed by atoms with E-state index in [1.54, 1.807) is 6.33 Å². The van der Waals surface area contributed by atoms with Crippen LogP contribution in [0.25, 0.3) is 11.2 Å². The van der Waals surface area contributed by atoms with E-state index in [9.17, 15) is 4.79 Å². The second kappa shape index (κ2) is 5.94. The number of H-pyrrole nitrogens is 1. The van der Waals surface area contributed by atoms with Crippen molar-refractivity contribution in [3.8, 4) is 0 Å². The van der Waals surface area contributed by atoms with Gasteiger partial charge in [0.1, 0.15) is 5.52 Å². The van der Waals surface area contributed by atoms with Crippen LogP contribution in [0.1, 0.15) is 30.7 Å². The number of nitrogens with one attached hydrogen (secondary N) is 2. The first-order chi connectivity index (χ1) is 13.1. The van der Waals surface area contributed by atoms with Gasteiger partial charge in [-0.25, -0.2) is 4.98 Å². The number of fused-ring (bicyclic) bond motifs is 1. The minimum Gasteiger partial charge on any atom is -0.368 e. The molecule has 2 aliphatic heterocycles. The van der Waals surface area contributed by atoms with Crippen LogP contribution in [0.3, 0.4) is 0 Å². The SMILES string of the molecule is Nc1nc(N2CCC3(CC2)C[C@@H](c2ccccc2)C(=O)N3)c2[nH]cnc2n1. The van der Waals surface area contributed by atoms with E-state index >= 15 is 0 Å². The minimum absolute atomic E-state index is 0.0632. The molecule has 8 heteroatoms. The minimum atomic E-state index is -0.139. The highest BCUT2D eigenvalue weighted by molar-refractivity contribution is 5.87. The maximum Gasteiger partial charge on any atom is 0.228 e. The van der Waals surface area contributed by atoms with E-state index < -0.39 is 0 Å². The molecule has 4 heterocycles. The lowest BCUT2D eigenvalue weighted by molar-refractivity contribution is -0.121. The van der Waals surface area contributed by atoms with Crippen molar-refractivity contribution in [1.82, 2.24) is 25.3 Å². The number of nitrogen functional groups attached to an aromatic ring is 1. The maximum absolute atomic E-state index is 12.6. The number of hydrogen-bond acceptors (Lipinski definition) is 6. The molecule has 0 saturated carbocycles. The van der Waals surface area contributed by atoms with Crippen molar-refractivity contribution in [3.05, 3.63) is 42.2 Å². The lowest BCUT2D eigenvalue weighted by atomic mass is 9.82. The van der Waals surface area contributed by atoms with Gasteiger partial charge in [-0.1, -0.05) is 30.3 Å². The third-order valence-corrected chi connectivity index (χ3v) is 5.81. The quantitative estimate of drug-likeness (QED) is 0.637. The Labute approximate surface area is 156 Å². The van der Waals surface area contributed by atoms with Gasteiger partial charge in [-0.3, -0.25) is 4.79 Å². The molecule has 0 aliphatic carbocycles. The molecule has 1 spiro atoms. The fourth-order valence-corrected chi connectivity index (χ4v) is 4.38. The molecule has 0 radical (unpaired) electrons. The number of aromatic amines is 1. The fourth-order valence-electron chi connectivity index (χ4n) is 4.38. The van der Waals surface area contributed by atoms with Crippen molar-refractivity contribution in [2.24, 2.45) is 0 Å². The number of hydrogen-bond donors (Lipinski definition) is 3. The van der Waals surface area contributed by atoms with E-state index in [0.717, 1.165) is 49.2 Å². The van der Waals surface area contributed by atoms with Gasteiger partial charge < -0.3 is 20.9 Å². The Bertz CT molecular complexity index is 992. The standard InChI is InChI=1S/C19H21N7O/c20-18-23-15-14(21-11-22-15)16(24-18)26-8-6-19(7-9-26)10-13(17(27)25-19)12-4-2-1-3-5-12/h1-5,11,13H,6-10H2,(H,25,27)(H3,20,21,22,23,24)/t13-/m0/s1. The average molecular weight is 363 g/mol. The van der Waals surface area contributed by atoms with Crippen molar-refractivity contribution in [2.45, 2.75) is 30.7 Å². The molecule has 4 N–H and O–H groups in total. The highest BCUT2D eigenvalue weighted by atomic mass is 16.2. The molecule has 2 aliphatic rings. The van der Waals surface area contributed by atoms with E-state index in [2.05, 4.69) is 30.2 Å². The maximum atomic E-state index is 12.6. The van der Waals surface area contributed by atoms with E-state index in [1.807, 2.05) is 30.3 Å². The molecule has 1 amide bonds. The lowest BCUT2D eigenvalue weighted by Crippen LogP contribution is -2.51. The van der Waals surface area contributed by atoms with Crippen molar-refractivity contribution < 1.29 is 4.79 Å². The first-order valence-corrected chi connectivity index (χ1v) is 9.22. The summed E-state index contributed by atoms with van der Waals surface area (Å²) in [6.45, 7) is 1.60. The van der Waals surface area contributed by atoms with Crippen LogP contribution in [0.5, 0.6) is 0 Å². The molecular formula is C19H21N7O. The second-order valence-corrected chi connectivity index (χ2v) is 7.43. The number of carbonyl (C=O) groups is 1. The van der Waals surface area contributed by atoms with Crippen LogP contribution in [0.15, 0.2) is 36.7 Å². The van der Waals surface area contributed by atoms with Gasteiger partial charge in [-0.05, 0) is 24.8 Å². The van der Waals surface area contributed by atoms with Gasteiger partial charge in [0.2, 0.25) is 11.9 Å². The monoisotopic (exact) mass is 363 g/mol. The molecule has 2 saturated heterocycles. The zero-order chi connectivity index (χ0) is 18.4. The third kappa shape index (κ3) is 2.68. The zero-order valence-electron chi connectivity index (χ0n) is 14.9. The number of piperidine rings is 1. The van der Waals surface area contributed by atoms with Crippen LogP contribution in [-0.4, -0.2) is 44.5 Å². The number of carbonyl (C=O) groups excluding carboxylic acids is 1. The van der Waals surface area contributed by atoms with Crippen LogP contribution in [0.4, 0.5) is 11.8 Å². The topological polar surface area (TPSA) is 113 Å². The number of rotatable bonds is 2. The van der Waals surface area contributed by atoms with Crippen LogP contribution in [0, 0.1) is 0 Å². The van der Waals surface area contributed by atoms with Gasteiger partial charge in [0.25, 0.3) is 0 Å². The molecule has 2 aromatic heterocycles. The van der Waals surface area contributed by atoms with E-state index in [1.165, 1.54) is 0 Å². The normalized spacial score (nSPS) is 21.7. The van der Waals surface area contributed by atoms with E-state index in [0.29, 0.717) is 5.65 Å². The Morgan fingerprint density at radius 2 is 1.93 bits per heavy atom. The van der Waals surface area contributed by atoms with Gasteiger partial charge in [-0.15, -0.1) is 0 Å². The predicted octanol–water partition coefficient (Wildman–Crippen LogP) is 1.58. The van der Waals surface area contributed by atoms with Gasteiger partial charge in [-0.2, -0.15) is 9.97 Å². The molecule has 1 atom stereocenters. The Morgan fingerprint density at radius 1 is 1.15 bits per heavy atom. The number of aromatic nitrogens is 4. The highest BCUT2D eigenvalue weighted by Crippen LogP contribution is 2.40. The molecule has 8 nitrogen and oxygen atoms in total. The smallest absolute Gasteiger partial charge is 0.228 e. The Hall–Kier alpha value is -3.16. The summed E-state index contributed by atoms with van der Waals surface area (Å²) in [6, 6.07) is 10.0. The summed E-state index contributed by atoms with van der Waals surface area (Å²) in [5, 5.41) is 3.29. The predicted molar refractivity (Wildman–Crippen MR) is 102 cm³/mol. The first-order valence-electron chi connectivity index (χ1n) is 9.22. The van der Waals surface area contributed by atoms with Gasteiger partial charge in [0.05, 0.1) is 12.2 Å². The summed E-state index contributed by atoms with van der Waals surface area (Å²) in [4.78, 5) is 30.7. The highest BCUT2D eigenvalue weighted by Gasteiger charge is 2.46. The average Bonchev–Trinajstić information content (AvgIpc) is 3.27. The fraction of sp³-hybridized carbons (Fsp3) is 0.368. The summed E-state index contributed by atoms with van der Waals surface area (Å²) in [5.74, 6) is 1.08. The van der Waals surface area contributed by atoms with Crippen LogP contribution in [-0.2, 0) is 4.79 Å². The Kier molecular flexibility index (Phi) is 3.53. The van der Waals surface area contributed by atoms with E-state index in [-0.39, 0.29) is 23.3 Å². The summed E-state index contributed by atoms with van der Waals surface area (Å²) in [5.41, 5.74) is 8.19. The number of anilines is 2. The van der Waals surface area contributed by atoms with Gasteiger partial charge in [0.15, 0.2) is 11.5 Å². The number of imidazole rings is 1. The molecule has 2 fully saturated rings. The summed E-state index contributed by atoms with van der Waals surface area (Å²) in [7, 11) is 0. The number of nitrogens with zero attached hydrogens (tertiary/aromatic N) is 4. The Balaban J connectivity index is 1.36. The Morgan fingerprint density at radius 3 is 2.70 bits per heavy atom. The molecule has 0 unspecified atom stereocenters. The van der Waals surface area contributed by atoms with Crippen LogP contribution in [0.2, 0.25) is 0 Å². The number of amides is 1. The first kappa shape index (κ1) is 16.0. The summed E-state index contributed by atoms with van der Waals surface area (Å²) in [6.07, 6.45) is 4.20. The van der Waals surface area contributed by atoms with Crippen LogP contribution < -0.4 is 16.0 Å². The summed E-state index contributed by atoms with van der Waals surface area (Å²) >= 11 is 0. The van der Waals surface area contributed by atoms with Crippen molar-refractivity contribution in [3.63, 3.8) is 0 Å². The molecule has 138 valence electrons. The third-order valence-electron chi connectivity index (χ3n) is 5.81. The van der Waals surface area contributed by atoms with Crippen molar-refractivity contribution in [2.75, 3.05) is 23.7 Å². The molecule has 5 rings (SSSR count). The molecule has 0 bridgehead atoms. The molecule has 27 heavy (non-hydrogen) atoms. The molecule has 3 aromatic rings. The van der Waals surface area contributed by atoms with Gasteiger partial charge in [0, 0.05) is 18.6 Å². The second-order valence-electron chi connectivity index (χ2n) is 7.43. The van der Waals surface area contributed by atoms with Crippen LogP contribution >= 0.6 is 0 Å². The lowest BCUT2D eigenvalue weighted by Gasteiger charge is -2.39. The van der Waals surface area contributed by atoms with E-state index in [4.69, 9.17) is 5.73 Å². The number of nitrogens with two attached hydrogens (primary N) is 1. The largest absolute Gasteiger partial charge is 0.368 e. The molecular weight excluding hydrogens is 342 g/mol. The number of benzene rings is 1. The molecule has 1 aromatic carbocycles. The van der Waals surface area contributed by atoms with Crippen molar-refractivity contribution >= 4 is 28.8 Å². The van der Waals surface area contributed by atoms with Crippen molar-refractivity contribution in [1.29, 1.82) is 0 Å². The zero-order valence-corrected chi connectivity index (χ0v) is 14.9. The summed E-state index contributed by atoms with van der Waals surface area (Å²) < 4.78 is 0.